The molecule has 0 saturated heterocycles. The van der Waals surface area contributed by atoms with Crippen molar-refractivity contribution in [3.63, 3.8) is 0 Å². The van der Waals surface area contributed by atoms with Gasteiger partial charge in [0.15, 0.2) is 0 Å². The Morgan fingerprint density at radius 1 is 1.67 bits per heavy atom. The third kappa shape index (κ3) is 1.09. The van der Waals surface area contributed by atoms with Gasteiger partial charge in [-0.2, -0.15) is 5.16 Å². The molecule has 0 amide bonds. The maximum absolute atomic E-state index is 11.2. The number of fused-ring (bicyclic) bond motifs is 1. The van der Waals surface area contributed by atoms with Gasteiger partial charge in [-0.05, 0) is 18.8 Å². The van der Waals surface area contributed by atoms with Gasteiger partial charge in [-0.3, -0.25) is 4.79 Å². The van der Waals surface area contributed by atoms with Crippen LogP contribution in [0.1, 0.15) is 31.1 Å². The van der Waals surface area contributed by atoms with Crippen LogP contribution in [-0.2, 0) is 12.8 Å². The van der Waals surface area contributed by atoms with E-state index in [1.165, 1.54) is 0 Å². The summed E-state index contributed by atoms with van der Waals surface area (Å²) >= 11 is 0. The van der Waals surface area contributed by atoms with Gasteiger partial charge in [0.25, 0.3) is 5.56 Å². The number of H-pyrrole nitrogens is 1. The van der Waals surface area contributed by atoms with Crippen LogP contribution >= 0.6 is 0 Å². The Morgan fingerprint density at radius 2 is 2.50 bits per heavy atom. The summed E-state index contributed by atoms with van der Waals surface area (Å²) in [6.07, 6.45) is 4.14. The molecule has 2 rings (SSSR count). The molecule has 1 aromatic rings. The molecule has 1 aromatic heterocycles. The molecule has 3 nitrogen and oxygen atoms in total. The average molecular weight is 167 g/mol. The zero-order valence-corrected chi connectivity index (χ0v) is 7.22. The summed E-state index contributed by atoms with van der Waals surface area (Å²) in [5.74, 6) is 1.56. The summed E-state index contributed by atoms with van der Waals surface area (Å²) in [7, 11) is 0. The summed E-state index contributed by atoms with van der Waals surface area (Å²) in [6.45, 7) is 2.17. The lowest BCUT2D eigenvalue weighted by Crippen LogP contribution is -2.17. The van der Waals surface area contributed by atoms with Crippen LogP contribution in [-0.4, -0.2) is 5.16 Å². The molecule has 66 valence electrons. The third-order valence-electron chi connectivity index (χ3n) is 2.73. The first kappa shape index (κ1) is 7.65. The highest BCUT2D eigenvalue weighted by Gasteiger charge is 2.22. The van der Waals surface area contributed by atoms with E-state index in [2.05, 4.69) is 12.1 Å². The number of rotatable bonds is 1. The van der Waals surface area contributed by atoms with Crippen LogP contribution in [0.3, 0.4) is 0 Å². The van der Waals surface area contributed by atoms with E-state index in [-0.39, 0.29) is 5.56 Å². The molecular weight excluding hydrogens is 154 g/mol. The number of aromatic amines is 1. The summed E-state index contributed by atoms with van der Waals surface area (Å²) in [4.78, 5) is 11.2. The van der Waals surface area contributed by atoms with Crippen LogP contribution in [0.5, 0.6) is 0 Å². The summed E-state index contributed by atoms with van der Waals surface area (Å²) in [5, 5.41) is 2.39. The topological polar surface area (TPSA) is 46.0 Å². The highest BCUT2D eigenvalue weighted by molar-refractivity contribution is 5.17. The molecule has 1 aliphatic rings. The molecule has 0 saturated carbocycles. The summed E-state index contributed by atoms with van der Waals surface area (Å²) in [5.41, 5.74) is 0.858. The van der Waals surface area contributed by atoms with E-state index >= 15 is 0 Å². The molecule has 0 spiro atoms. The van der Waals surface area contributed by atoms with Gasteiger partial charge in [-0.15, -0.1) is 0 Å². The number of nitrogens with one attached hydrogen (secondary N) is 1. The van der Waals surface area contributed by atoms with Crippen molar-refractivity contribution in [2.75, 3.05) is 0 Å². The van der Waals surface area contributed by atoms with Gasteiger partial charge < -0.3 is 4.52 Å². The van der Waals surface area contributed by atoms with Crippen LogP contribution in [0.25, 0.3) is 0 Å². The fourth-order valence-electron chi connectivity index (χ4n) is 1.84. The maximum Gasteiger partial charge on any atom is 0.283 e. The van der Waals surface area contributed by atoms with E-state index in [1.807, 2.05) is 0 Å². The fourth-order valence-corrected chi connectivity index (χ4v) is 1.84. The molecule has 12 heavy (non-hydrogen) atoms. The Kier molecular flexibility index (Phi) is 1.79. The van der Waals surface area contributed by atoms with Crippen molar-refractivity contribution < 1.29 is 4.52 Å². The number of aromatic nitrogens is 1. The maximum atomic E-state index is 11.2. The molecule has 1 aliphatic carbocycles. The summed E-state index contributed by atoms with van der Waals surface area (Å²) < 4.78 is 5.04. The number of aryl methyl sites for hydroxylation is 1. The van der Waals surface area contributed by atoms with E-state index < -0.39 is 0 Å². The van der Waals surface area contributed by atoms with Crippen molar-refractivity contribution in [2.45, 2.75) is 32.6 Å². The Hall–Kier alpha value is -0.990. The molecule has 0 aliphatic heterocycles. The van der Waals surface area contributed by atoms with Crippen LogP contribution in [0.2, 0.25) is 0 Å². The standard InChI is InChI=1S/C9H13NO2/c1-2-6-3-4-8-7(5-6)9(11)10-12-8/h6H,2-5H2,1H3,(H,10,11)/t6-/m1/s1. The Morgan fingerprint density at radius 3 is 3.25 bits per heavy atom. The zero-order chi connectivity index (χ0) is 8.55. The van der Waals surface area contributed by atoms with Gasteiger partial charge in [-0.25, -0.2) is 0 Å². The second-order valence-electron chi connectivity index (χ2n) is 3.45. The minimum atomic E-state index is -0.0249. The first-order valence-electron chi connectivity index (χ1n) is 4.50. The minimum absolute atomic E-state index is 0.0249. The molecule has 0 radical (unpaired) electrons. The monoisotopic (exact) mass is 167 g/mol. The normalized spacial score (nSPS) is 22.2. The Balaban J connectivity index is 2.32. The largest absolute Gasteiger partial charge is 0.383 e. The summed E-state index contributed by atoms with van der Waals surface area (Å²) in [6, 6.07) is 0. The highest BCUT2D eigenvalue weighted by atomic mass is 16.5. The first-order chi connectivity index (χ1) is 5.81. The molecule has 1 atom stereocenters. The van der Waals surface area contributed by atoms with E-state index in [4.69, 9.17) is 4.52 Å². The molecule has 0 bridgehead atoms. The predicted octanol–water partition coefficient (Wildman–Crippen LogP) is 1.48. The van der Waals surface area contributed by atoms with Crippen molar-refractivity contribution in [2.24, 2.45) is 5.92 Å². The minimum Gasteiger partial charge on any atom is -0.383 e. The lowest BCUT2D eigenvalue weighted by molar-refractivity contribution is 0.344. The van der Waals surface area contributed by atoms with Crippen LogP contribution in [0.4, 0.5) is 0 Å². The fraction of sp³-hybridized carbons (Fsp3) is 0.667. The third-order valence-corrected chi connectivity index (χ3v) is 2.73. The van der Waals surface area contributed by atoms with Gasteiger partial charge in [0, 0.05) is 6.42 Å². The van der Waals surface area contributed by atoms with Gasteiger partial charge in [0.1, 0.15) is 5.76 Å². The van der Waals surface area contributed by atoms with E-state index in [0.717, 1.165) is 37.0 Å². The molecule has 3 heteroatoms. The van der Waals surface area contributed by atoms with E-state index in [9.17, 15) is 4.79 Å². The smallest absolute Gasteiger partial charge is 0.283 e. The van der Waals surface area contributed by atoms with Crippen molar-refractivity contribution >= 4 is 0 Å². The molecule has 1 N–H and O–H groups in total. The average Bonchev–Trinajstić information content (AvgIpc) is 2.47. The second kappa shape index (κ2) is 2.81. The quantitative estimate of drug-likeness (QED) is 0.688. The SMILES string of the molecule is CC[C@@H]1CCc2o[nH]c(=O)c2C1. The van der Waals surface area contributed by atoms with Crippen molar-refractivity contribution in [1.29, 1.82) is 0 Å². The second-order valence-corrected chi connectivity index (χ2v) is 3.45. The van der Waals surface area contributed by atoms with Crippen LogP contribution < -0.4 is 5.56 Å². The van der Waals surface area contributed by atoms with E-state index in [0.29, 0.717) is 5.92 Å². The number of hydrogen-bond acceptors (Lipinski definition) is 2. The lowest BCUT2D eigenvalue weighted by atomic mass is 9.87. The van der Waals surface area contributed by atoms with E-state index in [1.54, 1.807) is 0 Å². The van der Waals surface area contributed by atoms with Gasteiger partial charge in [0.05, 0.1) is 5.56 Å². The molecular formula is C9H13NO2. The van der Waals surface area contributed by atoms with Gasteiger partial charge in [-0.1, -0.05) is 13.3 Å². The lowest BCUT2D eigenvalue weighted by Gasteiger charge is -2.17. The first-order valence-corrected chi connectivity index (χ1v) is 4.50. The Labute approximate surface area is 70.7 Å². The zero-order valence-electron chi connectivity index (χ0n) is 7.22. The molecule has 1 heterocycles. The van der Waals surface area contributed by atoms with Crippen molar-refractivity contribution in [1.82, 2.24) is 5.16 Å². The molecule has 0 fully saturated rings. The number of hydrogen-bond donors (Lipinski definition) is 1. The van der Waals surface area contributed by atoms with Crippen molar-refractivity contribution in [3.8, 4) is 0 Å². The van der Waals surface area contributed by atoms with Crippen LogP contribution in [0.15, 0.2) is 9.32 Å². The predicted molar refractivity (Wildman–Crippen MR) is 45.1 cm³/mol. The molecule has 0 unspecified atom stereocenters. The van der Waals surface area contributed by atoms with Gasteiger partial charge >= 0.3 is 0 Å². The highest BCUT2D eigenvalue weighted by Crippen LogP contribution is 2.24. The van der Waals surface area contributed by atoms with Crippen molar-refractivity contribution in [3.05, 3.63) is 21.7 Å². The van der Waals surface area contributed by atoms with Crippen LogP contribution in [0, 0.1) is 5.92 Å². The van der Waals surface area contributed by atoms with Gasteiger partial charge in [0.2, 0.25) is 0 Å². The Bertz CT molecular complexity index is 324. The molecule has 0 aromatic carbocycles.